The van der Waals surface area contributed by atoms with E-state index in [-0.39, 0.29) is 5.91 Å². The number of benzene rings is 1. The molecule has 0 aromatic heterocycles. The summed E-state index contributed by atoms with van der Waals surface area (Å²) in [5.41, 5.74) is 2.85. The fraction of sp³-hybridized carbons (Fsp3) is 0.562. The van der Waals surface area contributed by atoms with Gasteiger partial charge in [0.1, 0.15) is 5.75 Å². The van der Waals surface area contributed by atoms with Crippen LogP contribution in [0.5, 0.6) is 5.75 Å². The molecule has 102 valence electrons. The lowest BCUT2D eigenvalue weighted by Gasteiger charge is -2.07. The molecule has 0 spiro atoms. The summed E-state index contributed by atoms with van der Waals surface area (Å²) in [6.45, 7) is 3.68. The Morgan fingerprint density at radius 2 is 2.37 bits per heavy atom. The second kappa shape index (κ2) is 5.24. The van der Waals surface area contributed by atoms with E-state index in [1.54, 1.807) is 0 Å². The lowest BCUT2D eigenvalue weighted by molar-refractivity contribution is -0.121. The lowest BCUT2D eigenvalue weighted by Crippen LogP contribution is -2.25. The van der Waals surface area contributed by atoms with E-state index < -0.39 is 0 Å². The van der Waals surface area contributed by atoms with Gasteiger partial charge in [0.2, 0.25) is 5.91 Å². The largest absolute Gasteiger partial charge is 0.493 e. The Bertz CT molecular complexity index is 484. The van der Waals surface area contributed by atoms with Crippen molar-refractivity contribution < 1.29 is 9.53 Å². The van der Waals surface area contributed by atoms with Crippen LogP contribution in [-0.2, 0) is 11.2 Å². The van der Waals surface area contributed by atoms with Gasteiger partial charge in [0.15, 0.2) is 0 Å². The first kappa shape index (κ1) is 12.5. The first-order chi connectivity index (χ1) is 9.29. The summed E-state index contributed by atoms with van der Waals surface area (Å²) in [5, 5.41) is 3.04. The molecular formula is C16H21NO2. The van der Waals surface area contributed by atoms with Gasteiger partial charge < -0.3 is 10.1 Å². The third-order valence-corrected chi connectivity index (χ3v) is 4.14. The normalized spacial score (nSPS) is 23.6. The number of carbonyl (C=O) groups is 1. The van der Waals surface area contributed by atoms with Crippen LogP contribution in [0.25, 0.3) is 0 Å². The van der Waals surface area contributed by atoms with E-state index in [2.05, 4.69) is 23.5 Å². The van der Waals surface area contributed by atoms with Gasteiger partial charge in [-0.3, -0.25) is 4.79 Å². The Hall–Kier alpha value is -1.51. The van der Waals surface area contributed by atoms with Crippen LogP contribution in [0.2, 0.25) is 0 Å². The van der Waals surface area contributed by atoms with Crippen LogP contribution in [0.4, 0.5) is 0 Å². The van der Waals surface area contributed by atoms with Crippen molar-refractivity contribution in [1.82, 2.24) is 5.32 Å². The second-order valence-electron chi connectivity index (χ2n) is 5.58. The lowest BCUT2D eigenvalue weighted by atomic mass is 10.00. The number of rotatable bonds is 5. The van der Waals surface area contributed by atoms with Crippen LogP contribution in [0.3, 0.4) is 0 Å². The highest BCUT2D eigenvalue weighted by atomic mass is 16.5. The summed E-state index contributed by atoms with van der Waals surface area (Å²) >= 11 is 0. The van der Waals surface area contributed by atoms with Gasteiger partial charge in [-0.05, 0) is 36.3 Å². The summed E-state index contributed by atoms with van der Waals surface area (Å²) in [7, 11) is 0. The van der Waals surface area contributed by atoms with Crippen molar-refractivity contribution in [2.45, 2.75) is 38.5 Å². The highest BCUT2D eigenvalue weighted by Crippen LogP contribution is 2.50. The molecule has 1 saturated carbocycles. The molecule has 3 heteroatoms. The van der Waals surface area contributed by atoms with Gasteiger partial charge in [-0.1, -0.05) is 19.1 Å². The first-order valence-corrected chi connectivity index (χ1v) is 7.31. The predicted molar refractivity (Wildman–Crippen MR) is 74.4 cm³/mol. The van der Waals surface area contributed by atoms with Crippen molar-refractivity contribution in [3.63, 3.8) is 0 Å². The van der Waals surface area contributed by atoms with E-state index in [4.69, 9.17) is 4.74 Å². The topological polar surface area (TPSA) is 38.3 Å². The zero-order chi connectivity index (χ0) is 13.2. The third kappa shape index (κ3) is 2.60. The average molecular weight is 259 g/mol. The quantitative estimate of drug-likeness (QED) is 0.882. The number of fused-ring (bicyclic) bond motifs is 1. The van der Waals surface area contributed by atoms with Crippen molar-refractivity contribution >= 4 is 5.91 Å². The standard InChI is InChI=1S/C16H21NO2/c1-2-4-16(18)17-10-11-9-14(11)12-5-3-6-15-13(12)7-8-19-15/h3,5-6,11,14H,2,4,7-10H2,1H3,(H,17,18)/t11-,14+/m0/s1. The molecule has 1 heterocycles. The molecule has 0 saturated heterocycles. The number of amides is 1. The van der Waals surface area contributed by atoms with Crippen LogP contribution >= 0.6 is 0 Å². The minimum absolute atomic E-state index is 0.190. The summed E-state index contributed by atoms with van der Waals surface area (Å²) in [5.74, 6) is 2.50. The zero-order valence-electron chi connectivity index (χ0n) is 11.4. The van der Waals surface area contributed by atoms with Gasteiger partial charge in [0, 0.05) is 24.9 Å². The van der Waals surface area contributed by atoms with Gasteiger partial charge in [0.25, 0.3) is 0 Å². The third-order valence-electron chi connectivity index (χ3n) is 4.14. The SMILES string of the molecule is CCCC(=O)NC[C@@H]1C[C@H]1c1cccc2c1CCO2. The van der Waals surface area contributed by atoms with Gasteiger partial charge in [-0.15, -0.1) is 0 Å². The van der Waals surface area contributed by atoms with Crippen LogP contribution in [0.15, 0.2) is 18.2 Å². The molecule has 0 radical (unpaired) electrons. The molecular weight excluding hydrogens is 238 g/mol. The maximum Gasteiger partial charge on any atom is 0.219 e. The molecule has 3 nitrogen and oxygen atoms in total. The zero-order valence-corrected chi connectivity index (χ0v) is 11.4. The van der Waals surface area contributed by atoms with E-state index in [1.807, 2.05) is 6.92 Å². The maximum absolute atomic E-state index is 11.5. The second-order valence-corrected chi connectivity index (χ2v) is 5.58. The van der Waals surface area contributed by atoms with E-state index in [0.717, 1.165) is 31.7 Å². The molecule has 0 unspecified atom stereocenters. The van der Waals surface area contributed by atoms with Gasteiger partial charge >= 0.3 is 0 Å². The minimum atomic E-state index is 0.190. The van der Waals surface area contributed by atoms with Crippen molar-refractivity contribution in [1.29, 1.82) is 0 Å². The Balaban J connectivity index is 1.58. The van der Waals surface area contributed by atoms with E-state index in [0.29, 0.717) is 18.3 Å². The average Bonchev–Trinajstić information content (AvgIpc) is 3.02. The van der Waals surface area contributed by atoms with Crippen molar-refractivity contribution in [3.8, 4) is 5.75 Å². The van der Waals surface area contributed by atoms with Gasteiger partial charge in [-0.25, -0.2) is 0 Å². The van der Waals surface area contributed by atoms with Crippen LogP contribution in [-0.4, -0.2) is 19.1 Å². The number of nitrogens with one attached hydrogen (secondary N) is 1. The number of carbonyl (C=O) groups excluding carboxylic acids is 1. The number of hydrogen-bond donors (Lipinski definition) is 1. The summed E-state index contributed by atoms with van der Waals surface area (Å²) in [4.78, 5) is 11.5. The number of ether oxygens (including phenoxy) is 1. The molecule has 1 aromatic carbocycles. The molecule has 1 aliphatic heterocycles. The molecule has 1 N–H and O–H groups in total. The first-order valence-electron chi connectivity index (χ1n) is 7.31. The van der Waals surface area contributed by atoms with E-state index >= 15 is 0 Å². The summed E-state index contributed by atoms with van der Waals surface area (Å²) in [6, 6.07) is 6.38. The molecule has 19 heavy (non-hydrogen) atoms. The molecule has 2 atom stereocenters. The van der Waals surface area contributed by atoms with Crippen molar-refractivity contribution in [2.75, 3.05) is 13.2 Å². The summed E-state index contributed by atoms with van der Waals surface area (Å²) < 4.78 is 5.61. The Morgan fingerprint density at radius 1 is 1.47 bits per heavy atom. The fourth-order valence-corrected chi connectivity index (χ4v) is 3.01. The molecule has 1 aromatic rings. The highest BCUT2D eigenvalue weighted by molar-refractivity contribution is 5.75. The Kier molecular flexibility index (Phi) is 3.45. The van der Waals surface area contributed by atoms with Crippen molar-refractivity contribution in [3.05, 3.63) is 29.3 Å². The molecule has 2 aliphatic rings. The molecule has 1 amide bonds. The highest BCUT2D eigenvalue weighted by Gasteiger charge is 2.40. The molecule has 3 rings (SSSR count). The predicted octanol–water partition coefficient (Wildman–Crippen LogP) is 2.64. The Labute approximate surface area is 114 Å². The van der Waals surface area contributed by atoms with Crippen LogP contribution < -0.4 is 10.1 Å². The maximum atomic E-state index is 11.5. The number of hydrogen-bond acceptors (Lipinski definition) is 2. The molecule has 0 bridgehead atoms. The smallest absolute Gasteiger partial charge is 0.219 e. The van der Waals surface area contributed by atoms with Crippen molar-refractivity contribution in [2.24, 2.45) is 5.92 Å². The van der Waals surface area contributed by atoms with Gasteiger partial charge in [-0.2, -0.15) is 0 Å². The van der Waals surface area contributed by atoms with E-state index in [9.17, 15) is 4.79 Å². The van der Waals surface area contributed by atoms with E-state index in [1.165, 1.54) is 17.5 Å². The Morgan fingerprint density at radius 3 is 3.21 bits per heavy atom. The van der Waals surface area contributed by atoms with Crippen LogP contribution in [0.1, 0.15) is 43.2 Å². The molecule has 1 fully saturated rings. The molecule has 1 aliphatic carbocycles. The van der Waals surface area contributed by atoms with Crippen LogP contribution in [0, 0.1) is 5.92 Å². The summed E-state index contributed by atoms with van der Waals surface area (Å²) in [6.07, 6.45) is 3.80. The van der Waals surface area contributed by atoms with Gasteiger partial charge in [0.05, 0.1) is 6.61 Å². The minimum Gasteiger partial charge on any atom is -0.493 e. The fourth-order valence-electron chi connectivity index (χ4n) is 3.01. The monoisotopic (exact) mass is 259 g/mol.